The first kappa shape index (κ1) is 21.1. The molecule has 0 aliphatic heterocycles. The number of carbonyl (C=O) groups excluding carboxylic acids is 1. The van der Waals surface area contributed by atoms with Crippen LogP contribution in [0, 0.1) is 0 Å². The molecule has 0 radical (unpaired) electrons. The highest BCUT2D eigenvalue weighted by Gasteiger charge is 2.33. The fourth-order valence-corrected chi connectivity index (χ4v) is 4.65. The Hall–Kier alpha value is -3.11. The summed E-state index contributed by atoms with van der Waals surface area (Å²) in [6.07, 6.45) is -4.58. The van der Waals surface area contributed by atoms with Gasteiger partial charge in [-0.1, -0.05) is 54.2 Å². The third kappa shape index (κ3) is 4.64. The van der Waals surface area contributed by atoms with Crippen LogP contribution in [0.4, 0.5) is 18.9 Å². The fourth-order valence-electron chi connectivity index (χ4n) is 2.99. The molecule has 0 fully saturated rings. The smallest absolute Gasteiger partial charge is 0.325 e. The van der Waals surface area contributed by atoms with E-state index in [0.29, 0.717) is 10.2 Å². The first-order valence-electron chi connectivity index (χ1n) is 8.99. The summed E-state index contributed by atoms with van der Waals surface area (Å²) in [7, 11) is 0. The molecule has 0 saturated heterocycles. The van der Waals surface area contributed by atoms with Crippen LogP contribution in [0.5, 0.6) is 0 Å². The number of benzene rings is 2. The molecule has 5 nitrogen and oxygen atoms in total. The molecule has 0 atom stereocenters. The Morgan fingerprint density at radius 1 is 1.10 bits per heavy atom. The minimum Gasteiger partial charge on any atom is -0.325 e. The molecule has 2 heterocycles. The number of amides is 1. The summed E-state index contributed by atoms with van der Waals surface area (Å²) in [5.41, 5.74) is 0.0867. The number of hydrogen-bond donors (Lipinski definition) is 2. The molecular weight excluding hydrogens is 447 g/mol. The molecular formula is C21H14F3N3O2S2. The van der Waals surface area contributed by atoms with E-state index in [2.05, 4.69) is 15.3 Å². The van der Waals surface area contributed by atoms with Crippen LogP contribution in [0.3, 0.4) is 0 Å². The van der Waals surface area contributed by atoms with Gasteiger partial charge in [0.25, 0.3) is 5.56 Å². The van der Waals surface area contributed by atoms with Gasteiger partial charge in [-0.2, -0.15) is 13.2 Å². The van der Waals surface area contributed by atoms with Crippen LogP contribution in [-0.4, -0.2) is 21.6 Å². The second kappa shape index (κ2) is 8.56. The molecule has 0 unspecified atom stereocenters. The molecule has 0 spiro atoms. The number of aromatic nitrogens is 2. The van der Waals surface area contributed by atoms with Gasteiger partial charge in [0.05, 0.1) is 22.4 Å². The van der Waals surface area contributed by atoms with Crippen molar-refractivity contribution in [2.45, 2.75) is 11.3 Å². The van der Waals surface area contributed by atoms with Gasteiger partial charge in [0.15, 0.2) is 5.16 Å². The molecule has 4 aromatic rings. The maximum Gasteiger partial charge on any atom is 0.418 e. The van der Waals surface area contributed by atoms with Crippen LogP contribution in [0.15, 0.2) is 69.9 Å². The van der Waals surface area contributed by atoms with Gasteiger partial charge in [0.2, 0.25) is 5.91 Å². The standard InChI is InChI=1S/C21H14F3N3O2S2/c22-21(23,24)14-8-4-5-9-15(14)25-16(28)11-31-20-26-18(29)17-13(10-30-19(17)27-20)12-6-2-1-3-7-12/h1-10H,11H2,(H,25,28)(H,26,27,29). The van der Waals surface area contributed by atoms with E-state index in [0.717, 1.165) is 29.0 Å². The summed E-state index contributed by atoms with van der Waals surface area (Å²) in [4.78, 5) is 32.4. The van der Waals surface area contributed by atoms with Crippen LogP contribution in [0.1, 0.15) is 5.56 Å². The van der Waals surface area contributed by atoms with Crippen molar-refractivity contribution in [3.63, 3.8) is 0 Å². The number of anilines is 1. The van der Waals surface area contributed by atoms with Crippen LogP contribution >= 0.6 is 23.1 Å². The van der Waals surface area contributed by atoms with Crippen LogP contribution < -0.4 is 10.9 Å². The van der Waals surface area contributed by atoms with Crippen molar-refractivity contribution in [1.82, 2.24) is 9.97 Å². The SMILES string of the molecule is O=C(CSc1nc2scc(-c3ccccc3)c2c(=O)[nH]1)Nc1ccccc1C(F)(F)F. The number of hydrogen-bond acceptors (Lipinski definition) is 5. The Morgan fingerprint density at radius 3 is 2.55 bits per heavy atom. The van der Waals surface area contributed by atoms with Gasteiger partial charge < -0.3 is 10.3 Å². The van der Waals surface area contributed by atoms with Crippen molar-refractivity contribution < 1.29 is 18.0 Å². The average molecular weight is 461 g/mol. The molecule has 2 N–H and O–H groups in total. The Kier molecular flexibility index (Phi) is 5.84. The van der Waals surface area contributed by atoms with Crippen molar-refractivity contribution in [2.75, 3.05) is 11.1 Å². The van der Waals surface area contributed by atoms with Gasteiger partial charge in [-0.15, -0.1) is 11.3 Å². The van der Waals surface area contributed by atoms with E-state index in [9.17, 15) is 22.8 Å². The number of thiophene rings is 1. The van der Waals surface area contributed by atoms with Gasteiger partial charge in [0, 0.05) is 10.9 Å². The number of para-hydroxylation sites is 1. The molecule has 158 valence electrons. The summed E-state index contributed by atoms with van der Waals surface area (Å²) in [5, 5.41) is 4.80. The molecule has 0 aliphatic rings. The maximum atomic E-state index is 13.1. The zero-order valence-electron chi connectivity index (χ0n) is 15.7. The second-order valence-corrected chi connectivity index (χ2v) is 8.27. The maximum absolute atomic E-state index is 13.1. The predicted molar refractivity (Wildman–Crippen MR) is 116 cm³/mol. The van der Waals surface area contributed by atoms with E-state index in [4.69, 9.17) is 0 Å². The second-order valence-electron chi connectivity index (χ2n) is 6.45. The van der Waals surface area contributed by atoms with E-state index >= 15 is 0 Å². The van der Waals surface area contributed by atoms with Gasteiger partial charge >= 0.3 is 6.18 Å². The lowest BCUT2D eigenvalue weighted by atomic mass is 10.1. The van der Waals surface area contributed by atoms with Gasteiger partial charge in [0.1, 0.15) is 4.83 Å². The summed E-state index contributed by atoms with van der Waals surface area (Å²) < 4.78 is 39.2. The number of carbonyl (C=O) groups is 1. The zero-order valence-corrected chi connectivity index (χ0v) is 17.3. The van der Waals surface area contributed by atoms with Crippen molar-refractivity contribution in [3.05, 3.63) is 75.9 Å². The molecule has 31 heavy (non-hydrogen) atoms. The van der Waals surface area contributed by atoms with E-state index in [1.54, 1.807) is 0 Å². The zero-order chi connectivity index (χ0) is 22.0. The molecule has 0 saturated carbocycles. The molecule has 1 amide bonds. The monoisotopic (exact) mass is 461 g/mol. The largest absolute Gasteiger partial charge is 0.418 e. The predicted octanol–water partition coefficient (Wildman–Crippen LogP) is 5.40. The summed E-state index contributed by atoms with van der Waals surface area (Å²) in [6.45, 7) is 0. The van der Waals surface area contributed by atoms with E-state index < -0.39 is 17.6 Å². The Bertz CT molecular complexity index is 1300. The van der Waals surface area contributed by atoms with Gasteiger partial charge in [-0.3, -0.25) is 9.59 Å². The lowest BCUT2D eigenvalue weighted by Crippen LogP contribution is -2.18. The minimum atomic E-state index is -4.58. The molecule has 2 aromatic heterocycles. The molecule has 2 aromatic carbocycles. The highest BCUT2D eigenvalue weighted by atomic mass is 32.2. The number of rotatable bonds is 5. The first-order valence-corrected chi connectivity index (χ1v) is 10.9. The Morgan fingerprint density at radius 2 is 1.81 bits per heavy atom. The number of nitrogens with zero attached hydrogens (tertiary/aromatic N) is 1. The number of halogens is 3. The van der Waals surface area contributed by atoms with E-state index in [1.165, 1.54) is 29.5 Å². The van der Waals surface area contributed by atoms with Crippen LogP contribution in [0.2, 0.25) is 0 Å². The van der Waals surface area contributed by atoms with Gasteiger partial charge in [-0.05, 0) is 17.7 Å². The quantitative estimate of drug-likeness (QED) is 0.308. The normalized spacial score (nSPS) is 11.6. The number of aromatic amines is 1. The lowest BCUT2D eigenvalue weighted by Gasteiger charge is -2.13. The highest BCUT2D eigenvalue weighted by Crippen LogP contribution is 2.35. The number of nitrogens with one attached hydrogen (secondary N) is 2. The van der Waals surface area contributed by atoms with E-state index in [-0.39, 0.29) is 22.2 Å². The topological polar surface area (TPSA) is 74.8 Å². The number of fused-ring (bicyclic) bond motifs is 1. The number of thioether (sulfide) groups is 1. The van der Waals surface area contributed by atoms with E-state index in [1.807, 2.05) is 35.7 Å². The minimum absolute atomic E-state index is 0.211. The lowest BCUT2D eigenvalue weighted by molar-refractivity contribution is -0.137. The van der Waals surface area contributed by atoms with Crippen molar-refractivity contribution >= 4 is 44.9 Å². The molecule has 4 rings (SSSR count). The fraction of sp³-hybridized carbons (Fsp3) is 0.0952. The third-order valence-corrected chi connectivity index (χ3v) is 6.10. The molecule has 0 aliphatic carbocycles. The Labute approximate surface area is 182 Å². The number of H-pyrrole nitrogens is 1. The summed E-state index contributed by atoms with van der Waals surface area (Å²) in [5.74, 6) is -0.849. The summed E-state index contributed by atoms with van der Waals surface area (Å²) in [6, 6.07) is 14.2. The molecule has 0 bridgehead atoms. The Balaban J connectivity index is 1.50. The molecule has 10 heteroatoms. The summed E-state index contributed by atoms with van der Waals surface area (Å²) >= 11 is 2.25. The number of alkyl halides is 3. The highest BCUT2D eigenvalue weighted by molar-refractivity contribution is 7.99. The average Bonchev–Trinajstić information content (AvgIpc) is 3.17. The van der Waals surface area contributed by atoms with Crippen LogP contribution in [0.25, 0.3) is 21.3 Å². The van der Waals surface area contributed by atoms with Gasteiger partial charge in [-0.25, -0.2) is 4.98 Å². The van der Waals surface area contributed by atoms with Crippen molar-refractivity contribution in [2.24, 2.45) is 0 Å². The van der Waals surface area contributed by atoms with Crippen molar-refractivity contribution in [3.8, 4) is 11.1 Å². The third-order valence-electron chi connectivity index (χ3n) is 4.35. The van der Waals surface area contributed by atoms with Crippen LogP contribution in [-0.2, 0) is 11.0 Å². The first-order chi connectivity index (χ1) is 14.8. The van der Waals surface area contributed by atoms with Crippen molar-refractivity contribution in [1.29, 1.82) is 0 Å².